The lowest BCUT2D eigenvalue weighted by atomic mass is 9.69. The molecule has 0 unspecified atom stereocenters. The minimum absolute atomic E-state index is 0.778. The smallest absolute Gasteiger partial charge is 0.119 e. The van der Waals surface area contributed by atoms with Gasteiger partial charge in [0.2, 0.25) is 0 Å². The molecular weight excluding hydrogens is 268 g/mol. The van der Waals surface area contributed by atoms with Crippen LogP contribution in [0, 0.1) is 30.6 Å². The number of benzene rings is 1. The third kappa shape index (κ3) is 4.27. The van der Waals surface area contributed by atoms with Crippen LogP contribution < -0.4 is 4.74 Å². The van der Waals surface area contributed by atoms with E-state index in [0.29, 0.717) is 0 Å². The van der Waals surface area contributed by atoms with E-state index in [2.05, 4.69) is 38.1 Å². The highest BCUT2D eigenvalue weighted by atomic mass is 16.5. The fourth-order valence-electron chi connectivity index (χ4n) is 4.43. The minimum Gasteiger partial charge on any atom is -0.493 e. The van der Waals surface area contributed by atoms with E-state index in [1.165, 1.54) is 56.9 Å². The first-order valence-electron chi connectivity index (χ1n) is 9.40. The lowest BCUT2D eigenvalue weighted by Crippen LogP contribution is -2.27. The topological polar surface area (TPSA) is 9.23 Å². The minimum atomic E-state index is 0.778. The van der Waals surface area contributed by atoms with Crippen LogP contribution >= 0.6 is 0 Å². The van der Waals surface area contributed by atoms with E-state index in [0.717, 1.165) is 36.0 Å². The second-order valence-electron chi connectivity index (χ2n) is 7.92. The standard InChI is InChI=1S/C21H32O/c1-16-3-9-19(10-4-16)20-11-7-18(8-12-20)15-22-21-13-5-17(2)6-14-21/h5-6,13-14,16,18-20H,3-4,7-12,15H2,1-2H3. The first-order valence-corrected chi connectivity index (χ1v) is 9.40. The van der Waals surface area contributed by atoms with Gasteiger partial charge in [-0.25, -0.2) is 0 Å². The molecule has 0 amide bonds. The highest BCUT2D eigenvalue weighted by Gasteiger charge is 2.30. The van der Waals surface area contributed by atoms with Crippen LogP contribution in [0.3, 0.4) is 0 Å². The molecule has 3 rings (SSSR count). The van der Waals surface area contributed by atoms with Crippen molar-refractivity contribution >= 4 is 0 Å². The van der Waals surface area contributed by atoms with Crippen LogP contribution in [0.4, 0.5) is 0 Å². The van der Waals surface area contributed by atoms with Gasteiger partial charge in [0.15, 0.2) is 0 Å². The van der Waals surface area contributed by atoms with E-state index in [1.807, 2.05) is 0 Å². The van der Waals surface area contributed by atoms with Crippen LogP contribution in [0.5, 0.6) is 5.75 Å². The van der Waals surface area contributed by atoms with Crippen LogP contribution in [0.15, 0.2) is 24.3 Å². The quantitative estimate of drug-likeness (QED) is 0.662. The summed E-state index contributed by atoms with van der Waals surface area (Å²) in [5.41, 5.74) is 1.30. The maximum absolute atomic E-state index is 6.00. The molecule has 0 heterocycles. The number of hydrogen-bond acceptors (Lipinski definition) is 1. The Morgan fingerprint density at radius 1 is 0.818 bits per heavy atom. The van der Waals surface area contributed by atoms with Crippen molar-refractivity contribution in [1.29, 1.82) is 0 Å². The number of rotatable bonds is 4. The van der Waals surface area contributed by atoms with Crippen molar-refractivity contribution in [2.45, 2.75) is 65.2 Å². The number of ether oxygens (including phenoxy) is 1. The zero-order valence-corrected chi connectivity index (χ0v) is 14.4. The monoisotopic (exact) mass is 300 g/mol. The van der Waals surface area contributed by atoms with Gasteiger partial charge < -0.3 is 4.74 Å². The van der Waals surface area contributed by atoms with Crippen molar-refractivity contribution < 1.29 is 4.74 Å². The fourth-order valence-corrected chi connectivity index (χ4v) is 4.43. The fraction of sp³-hybridized carbons (Fsp3) is 0.714. The second kappa shape index (κ2) is 7.53. The molecule has 1 heteroatoms. The Kier molecular flexibility index (Phi) is 5.44. The van der Waals surface area contributed by atoms with Crippen molar-refractivity contribution in [3.05, 3.63) is 29.8 Å². The van der Waals surface area contributed by atoms with Crippen molar-refractivity contribution in [2.75, 3.05) is 6.61 Å². The normalized spacial score (nSPS) is 32.6. The Balaban J connectivity index is 1.39. The molecule has 0 radical (unpaired) electrons. The molecule has 1 aromatic rings. The molecule has 0 N–H and O–H groups in total. The molecule has 2 aliphatic rings. The Bertz CT molecular complexity index is 433. The van der Waals surface area contributed by atoms with Gasteiger partial charge in [-0.3, -0.25) is 0 Å². The molecule has 0 spiro atoms. The summed E-state index contributed by atoms with van der Waals surface area (Å²) in [6.07, 6.45) is 11.6. The lowest BCUT2D eigenvalue weighted by molar-refractivity contribution is 0.126. The first kappa shape index (κ1) is 15.9. The Hall–Kier alpha value is -0.980. The Labute approximate surface area is 136 Å². The molecule has 2 saturated carbocycles. The van der Waals surface area contributed by atoms with Crippen molar-refractivity contribution in [3.63, 3.8) is 0 Å². The van der Waals surface area contributed by atoms with E-state index in [4.69, 9.17) is 4.74 Å². The summed E-state index contributed by atoms with van der Waals surface area (Å²) in [5.74, 6) is 4.85. The molecule has 2 fully saturated rings. The summed E-state index contributed by atoms with van der Waals surface area (Å²) in [6, 6.07) is 8.47. The van der Waals surface area contributed by atoms with Crippen molar-refractivity contribution in [1.82, 2.24) is 0 Å². The molecule has 0 atom stereocenters. The van der Waals surface area contributed by atoms with Gasteiger partial charge >= 0.3 is 0 Å². The van der Waals surface area contributed by atoms with Gasteiger partial charge in [-0.15, -0.1) is 0 Å². The third-order valence-electron chi connectivity index (χ3n) is 6.13. The maximum atomic E-state index is 6.00. The van der Waals surface area contributed by atoms with Crippen molar-refractivity contribution in [2.24, 2.45) is 23.7 Å². The number of hydrogen-bond donors (Lipinski definition) is 0. The van der Waals surface area contributed by atoms with Crippen LogP contribution in [0.2, 0.25) is 0 Å². The van der Waals surface area contributed by atoms with E-state index >= 15 is 0 Å². The predicted molar refractivity (Wildman–Crippen MR) is 93.2 cm³/mol. The molecule has 0 saturated heterocycles. The zero-order chi connectivity index (χ0) is 15.4. The first-order chi connectivity index (χ1) is 10.7. The Morgan fingerprint density at radius 3 is 1.95 bits per heavy atom. The Morgan fingerprint density at radius 2 is 1.36 bits per heavy atom. The summed E-state index contributed by atoms with van der Waals surface area (Å²) in [4.78, 5) is 0. The van der Waals surface area contributed by atoms with Gasteiger partial charge in [-0.2, -0.15) is 0 Å². The van der Waals surface area contributed by atoms with Crippen LogP contribution in [0.1, 0.15) is 63.9 Å². The summed E-state index contributed by atoms with van der Waals surface area (Å²) in [6.45, 7) is 5.46. The number of aryl methyl sites for hydroxylation is 1. The SMILES string of the molecule is Cc1ccc(OCC2CCC(C3CCC(C)CC3)CC2)cc1. The van der Waals surface area contributed by atoms with E-state index < -0.39 is 0 Å². The zero-order valence-electron chi connectivity index (χ0n) is 14.4. The summed E-state index contributed by atoms with van der Waals surface area (Å²) >= 11 is 0. The van der Waals surface area contributed by atoms with Gasteiger partial charge in [0.1, 0.15) is 5.75 Å². The molecule has 1 nitrogen and oxygen atoms in total. The summed E-state index contributed by atoms with van der Waals surface area (Å²) in [7, 11) is 0. The molecule has 0 aromatic heterocycles. The molecular formula is C21H32O. The van der Waals surface area contributed by atoms with Crippen molar-refractivity contribution in [3.8, 4) is 5.75 Å². The highest BCUT2D eigenvalue weighted by molar-refractivity contribution is 5.26. The summed E-state index contributed by atoms with van der Waals surface area (Å²) < 4.78 is 6.00. The molecule has 22 heavy (non-hydrogen) atoms. The molecule has 1 aromatic carbocycles. The van der Waals surface area contributed by atoms with Gasteiger partial charge in [0, 0.05) is 0 Å². The molecule has 0 bridgehead atoms. The molecule has 122 valence electrons. The second-order valence-corrected chi connectivity index (χ2v) is 7.92. The van der Waals surface area contributed by atoms with E-state index in [-0.39, 0.29) is 0 Å². The van der Waals surface area contributed by atoms with Gasteiger partial charge in [-0.1, -0.05) is 37.5 Å². The average molecular weight is 300 g/mol. The summed E-state index contributed by atoms with van der Waals surface area (Å²) in [5, 5.41) is 0. The van der Waals surface area contributed by atoms with Crippen LogP contribution in [-0.2, 0) is 0 Å². The van der Waals surface area contributed by atoms with Gasteiger partial charge in [0.05, 0.1) is 6.61 Å². The van der Waals surface area contributed by atoms with Gasteiger partial charge in [0.25, 0.3) is 0 Å². The van der Waals surface area contributed by atoms with Crippen LogP contribution in [0.25, 0.3) is 0 Å². The van der Waals surface area contributed by atoms with E-state index in [1.54, 1.807) is 0 Å². The largest absolute Gasteiger partial charge is 0.493 e. The third-order valence-corrected chi connectivity index (χ3v) is 6.13. The van der Waals surface area contributed by atoms with Crippen LogP contribution in [-0.4, -0.2) is 6.61 Å². The van der Waals surface area contributed by atoms with Gasteiger partial charge in [-0.05, 0) is 81.3 Å². The molecule has 0 aliphatic heterocycles. The molecule has 2 aliphatic carbocycles. The highest BCUT2D eigenvalue weighted by Crippen LogP contribution is 2.41. The lowest BCUT2D eigenvalue weighted by Gasteiger charge is -2.37. The maximum Gasteiger partial charge on any atom is 0.119 e. The van der Waals surface area contributed by atoms with E-state index in [9.17, 15) is 0 Å². The average Bonchev–Trinajstić information content (AvgIpc) is 2.56. The predicted octanol–water partition coefficient (Wildman–Crippen LogP) is 6.01.